The smallest absolute Gasteiger partial charge is 0.465 e. The Morgan fingerprint density at radius 1 is 1.16 bits per heavy atom. The Labute approximate surface area is 147 Å². The van der Waals surface area contributed by atoms with E-state index in [2.05, 4.69) is 10.4 Å². The SMILES string of the molecule is Cn1ncc(-c2ccc(B3OC(C)(C)C(C)(C)O3)cc2)c1NC(=O)O. The van der Waals surface area contributed by atoms with Gasteiger partial charge < -0.3 is 14.4 Å². The Balaban J connectivity index is 1.86. The average Bonchev–Trinajstić information content (AvgIpc) is 2.96. The number of nitrogens with zero attached hydrogens (tertiary/aromatic N) is 2. The highest BCUT2D eigenvalue weighted by atomic mass is 16.7. The number of hydrogen-bond donors (Lipinski definition) is 2. The van der Waals surface area contributed by atoms with Gasteiger partial charge in [-0.05, 0) is 38.7 Å². The Kier molecular flexibility index (Phi) is 4.13. The molecule has 0 radical (unpaired) electrons. The molecule has 1 aromatic heterocycles. The third-order valence-electron chi connectivity index (χ3n) is 4.91. The molecule has 0 spiro atoms. The fourth-order valence-corrected chi connectivity index (χ4v) is 2.70. The van der Waals surface area contributed by atoms with Gasteiger partial charge in [0.1, 0.15) is 5.82 Å². The van der Waals surface area contributed by atoms with Crippen molar-refractivity contribution in [1.29, 1.82) is 0 Å². The van der Waals surface area contributed by atoms with Crippen molar-refractivity contribution in [2.75, 3.05) is 5.32 Å². The van der Waals surface area contributed by atoms with E-state index in [1.807, 2.05) is 52.0 Å². The fraction of sp³-hybridized carbons (Fsp3) is 0.412. The lowest BCUT2D eigenvalue weighted by atomic mass is 9.78. The molecule has 0 atom stereocenters. The zero-order chi connectivity index (χ0) is 18.4. The van der Waals surface area contributed by atoms with E-state index in [9.17, 15) is 4.79 Å². The van der Waals surface area contributed by atoms with Gasteiger partial charge in [0.25, 0.3) is 0 Å². The van der Waals surface area contributed by atoms with Crippen LogP contribution in [0, 0.1) is 0 Å². The van der Waals surface area contributed by atoms with E-state index in [0.29, 0.717) is 11.4 Å². The van der Waals surface area contributed by atoms with Crippen LogP contribution in [0.4, 0.5) is 10.6 Å². The number of amides is 1. The molecule has 8 heteroatoms. The highest BCUT2D eigenvalue weighted by Gasteiger charge is 2.51. The molecular weight excluding hydrogens is 321 g/mol. The zero-order valence-corrected chi connectivity index (χ0v) is 15.0. The van der Waals surface area contributed by atoms with Crippen LogP contribution in [0.25, 0.3) is 11.1 Å². The van der Waals surface area contributed by atoms with Gasteiger partial charge in [0.05, 0.1) is 17.4 Å². The summed E-state index contributed by atoms with van der Waals surface area (Å²) in [6, 6.07) is 7.67. The van der Waals surface area contributed by atoms with Crippen molar-refractivity contribution in [3.8, 4) is 11.1 Å². The van der Waals surface area contributed by atoms with Gasteiger partial charge in [0.15, 0.2) is 0 Å². The van der Waals surface area contributed by atoms with Crippen molar-refractivity contribution in [3.05, 3.63) is 30.5 Å². The van der Waals surface area contributed by atoms with E-state index >= 15 is 0 Å². The largest absolute Gasteiger partial charge is 0.494 e. The van der Waals surface area contributed by atoms with Gasteiger partial charge in [-0.15, -0.1) is 0 Å². The number of aryl methyl sites for hydroxylation is 1. The maximum Gasteiger partial charge on any atom is 0.494 e. The maximum atomic E-state index is 11.0. The summed E-state index contributed by atoms with van der Waals surface area (Å²) in [6.07, 6.45) is 0.508. The van der Waals surface area contributed by atoms with Crippen molar-refractivity contribution in [2.24, 2.45) is 7.05 Å². The van der Waals surface area contributed by atoms with Crippen LogP contribution in [0.15, 0.2) is 30.5 Å². The minimum Gasteiger partial charge on any atom is -0.465 e. The van der Waals surface area contributed by atoms with Crippen LogP contribution in [0.5, 0.6) is 0 Å². The summed E-state index contributed by atoms with van der Waals surface area (Å²) in [6.45, 7) is 8.06. The Hall–Kier alpha value is -2.32. The molecule has 0 aliphatic carbocycles. The first-order valence-corrected chi connectivity index (χ1v) is 8.09. The number of hydrogen-bond acceptors (Lipinski definition) is 4. The second-order valence-electron chi connectivity index (χ2n) is 7.17. The van der Waals surface area contributed by atoms with E-state index in [0.717, 1.165) is 11.0 Å². The summed E-state index contributed by atoms with van der Waals surface area (Å²) in [7, 11) is 1.26. The van der Waals surface area contributed by atoms with Gasteiger partial charge in [-0.25, -0.2) is 4.79 Å². The lowest BCUT2D eigenvalue weighted by Crippen LogP contribution is -2.41. The zero-order valence-electron chi connectivity index (χ0n) is 15.0. The van der Waals surface area contributed by atoms with Gasteiger partial charge in [-0.1, -0.05) is 24.3 Å². The second kappa shape index (κ2) is 5.89. The van der Waals surface area contributed by atoms with Crippen molar-refractivity contribution >= 4 is 24.5 Å². The van der Waals surface area contributed by atoms with Crippen LogP contribution in [-0.2, 0) is 16.4 Å². The monoisotopic (exact) mass is 343 g/mol. The first-order chi connectivity index (χ1) is 11.6. The highest BCUT2D eigenvalue weighted by molar-refractivity contribution is 6.62. The van der Waals surface area contributed by atoms with E-state index in [4.69, 9.17) is 14.4 Å². The molecule has 1 saturated heterocycles. The lowest BCUT2D eigenvalue weighted by molar-refractivity contribution is 0.00578. The van der Waals surface area contributed by atoms with Gasteiger partial charge in [-0.2, -0.15) is 5.10 Å². The summed E-state index contributed by atoms with van der Waals surface area (Å²) in [5.74, 6) is 0.427. The molecule has 1 aliphatic rings. The molecule has 2 aromatic rings. The highest BCUT2D eigenvalue weighted by Crippen LogP contribution is 2.36. The first-order valence-electron chi connectivity index (χ1n) is 8.09. The van der Waals surface area contributed by atoms with E-state index in [1.54, 1.807) is 13.2 Å². The average molecular weight is 343 g/mol. The van der Waals surface area contributed by atoms with Crippen molar-refractivity contribution in [2.45, 2.75) is 38.9 Å². The van der Waals surface area contributed by atoms with Crippen LogP contribution in [0.3, 0.4) is 0 Å². The summed E-state index contributed by atoms with van der Waals surface area (Å²) >= 11 is 0. The summed E-state index contributed by atoms with van der Waals surface area (Å²) in [5.41, 5.74) is 1.71. The molecule has 0 unspecified atom stereocenters. The number of carboxylic acid groups (broad SMARTS) is 1. The molecule has 7 nitrogen and oxygen atoms in total. The Bertz CT molecular complexity index is 783. The fourth-order valence-electron chi connectivity index (χ4n) is 2.70. The molecule has 1 aromatic carbocycles. The Morgan fingerprint density at radius 3 is 2.24 bits per heavy atom. The molecule has 1 aliphatic heterocycles. The number of aromatic nitrogens is 2. The van der Waals surface area contributed by atoms with E-state index in [1.165, 1.54) is 4.68 Å². The third kappa shape index (κ3) is 3.15. The second-order valence-corrected chi connectivity index (χ2v) is 7.17. The predicted octanol–water partition coefficient (Wildman–Crippen LogP) is 2.48. The minimum atomic E-state index is -1.13. The number of anilines is 1. The maximum absolute atomic E-state index is 11.0. The van der Waals surface area contributed by atoms with Crippen LogP contribution < -0.4 is 10.8 Å². The standard InChI is InChI=1S/C17H22BN3O4/c1-16(2)17(3,4)25-18(24-16)12-8-6-11(7-9-12)13-10-19-21(5)14(13)20-15(22)23/h6-10,20H,1-5H3,(H,22,23). The normalized spacial score (nSPS) is 18.4. The van der Waals surface area contributed by atoms with Gasteiger partial charge in [-0.3, -0.25) is 10.00 Å². The topological polar surface area (TPSA) is 85.6 Å². The Morgan fingerprint density at radius 2 is 1.72 bits per heavy atom. The quantitative estimate of drug-likeness (QED) is 0.837. The predicted molar refractivity (Wildman–Crippen MR) is 96.0 cm³/mol. The van der Waals surface area contributed by atoms with Crippen LogP contribution >= 0.6 is 0 Å². The molecule has 2 N–H and O–H groups in total. The van der Waals surface area contributed by atoms with E-state index < -0.39 is 24.4 Å². The molecule has 0 bridgehead atoms. The molecule has 25 heavy (non-hydrogen) atoms. The molecular formula is C17H22BN3O4. The molecule has 1 amide bonds. The first kappa shape index (κ1) is 17.5. The number of benzene rings is 1. The summed E-state index contributed by atoms with van der Waals surface area (Å²) < 4.78 is 13.6. The van der Waals surface area contributed by atoms with E-state index in [-0.39, 0.29) is 0 Å². The molecule has 2 heterocycles. The van der Waals surface area contributed by atoms with Crippen LogP contribution in [-0.4, -0.2) is 39.3 Å². The van der Waals surface area contributed by atoms with Crippen molar-refractivity contribution in [1.82, 2.24) is 9.78 Å². The summed E-state index contributed by atoms with van der Waals surface area (Å²) in [5, 5.41) is 15.5. The third-order valence-corrected chi connectivity index (χ3v) is 4.91. The summed E-state index contributed by atoms with van der Waals surface area (Å²) in [4.78, 5) is 11.0. The lowest BCUT2D eigenvalue weighted by Gasteiger charge is -2.32. The number of nitrogens with one attached hydrogen (secondary N) is 1. The number of rotatable bonds is 3. The molecule has 132 valence electrons. The van der Waals surface area contributed by atoms with Crippen molar-refractivity contribution < 1.29 is 19.2 Å². The van der Waals surface area contributed by atoms with Crippen LogP contribution in [0.1, 0.15) is 27.7 Å². The molecule has 3 rings (SSSR count). The van der Waals surface area contributed by atoms with Gasteiger partial charge in [0, 0.05) is 12.6 Å². The molecule has 1 fully saturated rings. The van der Waals surface area contributed by atoms with Gasteiger partial charge >= 0.3 is 13.2 Å². The van der Waals surface area contributed by atoms with Gasteiger partial charge in [0.2, 0.25) is 0 Å². The minimum absolute atomic E-state index is 0.391. The van der Waals surface area contributed by atoms with Crippen LogP contribution in [0.2, 0.25) is 0 Å². The number of carbonyl (C=O) groups is 1. The molecule has 0 saturated carbocycles. The van der Waals surface area contributed by atoms with Crippen molar-refractivity contribution in [3.63, 3.8) is 0 Å².